The van der Waals surface area contributed by atoms with E-state index in [9.17, 15) is 14.7 Å². The molecule has 1 aliphatic heterocycles. The zero-order valence-electron chi connectivity index (χ0n) is 21.6. The normalized spacial score (nSPS) is 17.6. The average molecular weight is 547 g/mol. The van der Waals surface area contributed by atoms with Gasteiger partial charge in [-0.3, -0.25) is 9.59 Å². The predicted octanol–water partition coefficient (Wildman–Crippen LogP) is 7.29. The fraction of sp³-hybridized carbons (Fsp3) is 0.290. The van der Waals surface area contributed by atoms with Crippen molar-refractivity contribution in [1.29, 1.82) is 0 Å². The van der Waals surface area contributed by atoms with Crippen LogP contribution in [0.3, 0.4) is 0 Å². The van der Waals surface area contributed by atoms with E-state index >= 15 is 0 Å². The van der Waals surface area contributed by atoms with E-state index in [1.165, 1.54) is 0 Å². The summed E-state index contributed by atoms with van der Waals surface area (Å²) < 4.78 is 0.906. The molecule has 3 aromatic rings. The molecule has 5 heteroatoms. The Morgan fingerprint density at radius 2 is 1.58 bits per heavy atom. The molecule has 0 aromatic heterocycles. The van der Waals surface area contributed by atoms with Crippen molar-refractivity contribution in [3.05, 3.63) is 110 Å². The molecule has 0 saturated carbocycles. The van der Waals surface area contributed by atoms with Crippen molar-refractivity contribution in [2.24, 2.45) is 0 Å². The highest BCUT2D eigenvalue weighted by molar-refractivity contribution is 9.10. The summed E-state index contributed by atoms with van der Waals surface area (Å²) in [5.74, 6) is -1.42. The molecule has 0 radical (unpaired) electrons. The van der Waals surface area contributed by atoms with Crippen LogP contribution in [0, 0.1) is 20.8 Å². The molecule has 1 fully saturated rings. The minimum atomic E-state index is -0.692. The first-order valence-electron chi connectivity index (χ1n) is 12.1. The zero-order valence-corrected chi connectivity index (χ0v) is 23.2. The fourth-order valence-electron chi connectivity index (χ4n) is 4.66. The zero-order chi connectivity index (χ0) is 26.4. The molecule has 1 heterocycles. The Bertz CT molecular complexity index is 1380. The van der Waals surface area contributed by atoms with Gasteiger partial charge in [-0.1, -0.05) is 90.8 Å². The van der Waals surface area contributed by atoms with Crippen LogP contribution in [0.1, 0.15) is 65.8 Å². The van der Waals surface area contributed by atoms with Gasteiger partial charge in [0.25, 0.3) is 11.7 Å². The number of hydrogen-bond donors (Lipinski definition) is 1. The number of carbonyl (C=O) groups excluding carboxylic acids is 2. The van der Waals surface area contributed by atoms with Crippen molar-refractivity contribution >= 4 is 33.4 Å². The minimum absolute atomic E-state index is 0.0338. The molecule has 1 N–H and O–H groups in total. The summed E-state index contributed by atoms with van der Waals surface area (Å²) in [5, 5.41) is 11.4. The summed E-state index contributed by atoms with van der Waals surface area (Å²) >= 11 is 3.49. The Morgan fingerprint density at radius 1 is 0.917 bits per heavy atom. The first-order valence-corrected chi connectivity index (χ1v) is 12.9. The fourth-order valence-corrected chi connectivity index (χ4v) is 4.90. The number of aryl methyl sites for hydroxylation is 3. The summed E-state index contributed by atoms with van der Waals surface area (Å²) in [6, 6.07) is 18.8. The van der Waals surface area contributed by atoms with E-state index in [1.54, 1.807) is 11.0 Å². The van der Waals surface area contributed by atoms with Gasteiger partial charge in [0.1, 0.15) is 5.76 Å². The maximum absolute atomic E-state index is 13.4. The highest BCUT2D eigenvalue weighted by Crippen LogP contribution is 2.41. The molecule has 3 aromatic carbocycles. The highest BCUT2D eigenvalue weighted by Gasteiger charge is 2.46. The first kappa shape index (κ1) is 25.9. The smallest absolute Gasteiger partial charge is 0.295 e. The Balaban J connectivity index is 1.89. The van der Waals surface area contributed by atoms with Gasteiger partial charge in [-0.2, -0.15) is 0 Å². The number of carbonyl (C=O) groups is 2. The van der Waals surface area contributed by atoms with E-state index < -0.39 is 17.7 Å². The van der Waals surface area contributed by atoms with Gasteiger partial charge in [0.15, 0.2) is 0 Å². The monoisotopic (exact) mass is 545 g/mol. The minimum Gasteiger partial charge on any atom is -0.507 e. The van der Waals surface area contributed by atoms with Crippen LogP contribution in [0.2, 0.25) is 0 Å². The van der Waals surface area contributed by atoms with Crippen LogP contribution in [0.25, 0.3) is 5.76 Å². The average Bonchev–Trinajstić information content (AvgIpc) is 3.07. The summed E-state index contributed by atoms with van der Waals surface area (Å²) in [6.07, 6.45) is 0. The summed E-state index contributed by atoms with van der Waals surface area (Å²) in [4.78, 5) is 28.4. The number of likely N-dealkylation sites (tertiary alicyclic amines) is 1. The maximum Gasteiger partial charge on any atom is 0.295 e. The number of hydrogen-bond acceptors (Lipinski definition) is 3. The molecule has 1 unspecified atom stereocenters. The van der Waals surface area contributed by atoms with Crippen LogP contribution in [-0.2, 0) is 21.5 Å². The van der Waals surface area contributed by atoms with E-state index in [0.717, 1.165) is 37.9 Å². The number of aliphatic hydroxyl groups excluding tert-OH is 1. The van der Waals surface area contributed by atoms with Crippen LogP contribution in [0.4, 0.5) is 0 Å². The molecule has 1 amide bonds. The van der Waals surface area contributed by atoms with Gasteiger partial charge < -0.3 is 10.0 Å². The lowest BCUT2D eigenvalue weighted by atomic mass is 9.85. The third kappa shape index (κ3) is 4.90. The van der Waals surface area contributed by atoms with Crippen molar-refractivity contribution in [3.8, 4) is 0 Å². The van der Waals surface area contributed by atoms with E-state index in [4.69, 9.17) is 0 Å². The van der Waals surface area contributed by atoms with Gasteiger partial charge in [0.05, 0.1) is 11.6 Å². The molecule has 4 nitrogen and oxygen atoms in total. The Kier molecular flexibility index (Phi) is 6.98. The molecule has 36 heavy (non-hydrogen) atoms. The van der Waals surface area contributed by atoms with Crippen molar-refractivity contribution in [2.45, 2.75) is 59.5 Å². The number of rotatable bonds is 4. The first-order chi connectivity index (χ1) is 16.9. The number of nitrogens with zero attached hydrogens (tertiary/aromatic N) is 1. The molecule has 1 atom stereocenters. The molecule has 186 valence electrons. The molecule has 1 saturated heterocycles. The quantitative estimate of drug-likeness (QED) is 0.212. The Labute approximate surface area is 221 Å². The molecule has 1 aliphatic rings. The van der Waals surface area contributed by atoms with Gasteiger partial charge in [-0.25, -0.2) is 0 Å². The number of aliphatic hydroxyl groups is 1. The second kappa shape index (κ2) is 9.70. The molecular weight excluding hydrogens is 514 g/mol. The van der Waals surface area contributed by atoms with Crippen LogP contribution in [0.15, 0.2) is 70.7 Å². The predicted molar refractivity (Wildman–Crippen MR) is 148 cm³/mol. The molecular formula is C31H32BrNO3. The lowest BCUT2D eigenvalue weighted by molar-refractivity contribution is -0.140. The van der Waals surface area contributed by atoms with Crippen molar-refractivity contribution in [2.75, 3.05) is 0 Å². The largest absolute Gasteiger partial charge is 0.507 e. The van der Waals surface area contributed by atoms with E-state index in [-0.39, 0.29) is 23.3 Å². The topological polar surface area (TPSA) is 57.6 Å². The number of amides is 1. The third-order valence-corrected chi connectivity index (χ3v) is 7.80. The SMILES string of the molecule is Cc1ccc(C)c(CN2C(=O)C(=O)/C(=C(\O)c3ccc(Br)c(C)c3)C2c2ccc(C(C)(C)C)cc2)c1. The van der Waals surface area contributed by atoms with Gasteiger partial charge in [-0.15, -0.1) is 0 Å². The third-order valence-electron chi connectivity index (χ3n) is 6.91. The van der Waals surface area contributed by atoms with Crippen LogP contribution in [0.5, 0.6) is 0 Å². The molecule has 0 bridgehead atoms. The second-order valence-electron chi connectivity index (χ2n) is 10.7. The molecule has 0 aliphatic carbocycles. The summed E-state index contributed by atoms with van der Waals surface area (Å²) in [5.41, 5.74) is 6.59. The Morgan fingerprint density at radius 3 is 2.19 bits per heavy atom. The maximum atomic E-state index is 13.4. The van der Waals surface area contributed by atoms with E-state index in [1.807, 2.05) is 75.4 Å². The van der Waals surface area contributed by atoms with Crippen molar-refractivity contribution in [1.82, 2.24) is 4.90 Å². The number of benzene rings is 3. The van der Waals surface area contributed by atoms with E-state index in [2.05, 4.69) is 36.7 Å². The molecule has 0 spiro atoms. The highest BCUT2D eigenvalue weighted by atomic mass is 79.9. The van der Waals surface area contributed by atoms with Crippen LogP contribution >= 0.6 is 15.9 Å². The number of halogens is 1. The number of Topliss-reactive ketones (excluding diaryl/α,β-unsaturated/α-hetero) is 1. The number of ketones is 1. The van der Waals surface area contributed by atoms with Gasteiger partial charge in [-0.05, 0) is 66.1 Å². The second-order valence-corrected chi connectivity index (χ2v) is 11.5. The van der Waals surface area contributed by atoms with E-state index in [0.29, 0.717) is 5.56 Å². The standard InChI is InChI=1S/C31H32BrNO3/c1-18-7-8-19(2)23(15-18)17-33-27(21-9-12-24(13-10-21)31(4,5)6)26(29(35)30(33)36)28(34)22-11-14-25(32)20(3)16-22/h7-16,27,34H,17H2,1-6H3/b28-26-. The van der Waals surface area contributed by atoms with Crippen molar-refractivity contribution in [3.63, 3.8) is 0 Å². The van der Waals surface area contributed by atoms with Gasteiger partial charge in [0, 0.05) is 16.6 Å². The van der Waals surface area contributed by atoms with Gasteiger partial charge in [0.2, 0.25) is 0 Å². The van der Waals surface area contributed by atoms with Crippen molar-refractivity contribution < 1.29 is 14.7 Å². The van der Waals surface area contributed by atoms with Crippen LogP contribution in [-0.4, -0.2) is 21.7 Å². The summed E-state index contributed by atoms with van der Waals surface area (Å²) in [7, 11) is 0. The lowest BCUT2D eigenvalue weighted by Crippen LogP contribution is -2.29. The molecule has 4 rings (SSSR count). The van der Waals surface area contributed by atoms with Crippen LogP contribution < -0.4 is 0 Å². The van der Waals surface area contributed by atoms with Gasteiger partial charge >= 0.3 is 0 Å². The Hall–Kier alpha value is -3.18. The lowest BCUT2D eigenvalue weighted by Gasteiger charge is -2.27. The summed E-state index contributed by atoms with van der Waals surface area (Å²) in [6.45, 7) is 12.6.